The van der Waals surface area contributed by atoms with Gasteiger partial charge in [0, 0.05) is 22.7 Å². The number of furan rings is 1. The largest absolute Gasteiger partial charge is 0.457 e. The lowest BCUT2D eigenvalue weighted by Gasteiger charge is -2.02. The summed E-state index contributed by atoms with van der Waals surface area (Å²) >= 11 is 13.2. The van der Waals surface area contributed by atoms with Crippen molar-refractivity contribution in [3.63, 3.8) is 0 Å². The Morgan fingerprint density at radius 2 is 1.97 bits per heavy atom. The number of thioether (sulfide) groups is 1. The summed E-state index contributed by atoms with van der Waals surface area (Å²) in [6, 6.07) is 13.1. The maximum Gasteiger partial charge on any atom is 0.288 e. The van der Waals surface area contributed by atoms with Crippen molar-refractivity contribution < 1.29 is 14.1 Å². The number of benzene rings is 2. The first kappa shape index (κ1) is 21.2. The molecule has 1 N–H and O–H groups in total. The summed E-state index contributed by atoms with van der Waals surface area (Å²) in [5.74, 6) is 0.535. The maximum atomic E-state index is 12.3. The molecule has 7 nitrogen and oxygen atoms in total. The predicted molar refractivity (Wildman–Crippen MR) is 123 cm³/mol. The molecule has 0 saturated carbocycles. The van der Waals surface area contributed by atoms with Gasteiger partial charge in [-0.3, -0.25) is 14.9 Å². The van der Waals surface area contributed by atoms with Gasteiger partial charge < -0.3 is 9.73 Å². The van der Waals surface area contributed by atoms with Crippen molar-refractivity contribution in [3.8, 4) is 11.3 Å². The zero-order valence-corrected chi connectivity index (χ0v) is 18.2. The van der Waals surface area contributed by atoms with Crippen LogP contribution in [0.4, 0.5) is 11.4 Å². The number of nitrogens with one attached hydrogen (secondary N) is 1. The second-order valence-electron chi connectivity index (χ2n) is 6.49. The SMILES string of the molecule is Cc1c(Cl)cccc1N=C1NC(=O)/C(=C/c2ccc(-c3ccc(Cl)c([N+](=O)[O-])c3)o2)S1. The number of hydrogen-bond donors (Lipinski definition) is 1. The van der Waals surface area contributed by atoms with Crippen LogP contribution in [0.1, 0.15) is 11.3 Å². The van der Waals surface area contributed by atoms with Crippen LogP contribution in [0.2, 0.25) is 10.0 Å². The van der Waals surface area contributed by atoms with Gasteiger partial charge in [-0.25, -0.2) is 4.99 Å². The van der Waals surface area contributed by atoms with Crippen LogP contribution in [-0.2, 0) is 4.79 Å². The smallest absolute Gasteiger partial charge is 0.288 e. The van der Waals surface area contributed by atoms with E-state index in [0.29, 0.717) is 37.9 Å². The molecule has 31 heavy (non-hydrogen) atoms. The summed E-state index contributed by atoms with van der Waals surface area (Å²) < 4.78 is 5.75. The molecule has 4 rings (SSSR count). The Labute approximate surface area is 190 Å². The van der Waals surface area contributed by atoms with Gasteiger partial charge in [-0.1, -0.05) is 29.3 Å². The first-order chi connectivity index (χ1) is 14.8. The van der Waals surface area contributed by atoms with Gasteiger partial charge in [0.2, 0.25) is 0 Å². The summed E-state index contributed by atoms with van der Waals surface area (Å²) in [7, 11) is 0. The molecular weight excluding hydrogens is 461 g/mol. The number of hydrogen-bond acceptors (Lipinski definition) is 6. The van der Waals surface area contributed by atoms with Gasteiger partial charge in [-0.2, -0.15) is 0 Å². The van der Waals surface area contributed by atoms with Crippen molar-refractivity contribution in [1.82, 2.24) is 5.32 Å². The number of nitro groups is 1. The van der Waals surface area contributed by atoms with Gasteiger partial charge in [-0.05, 0) is 60.6 Å². The lowest BCUT2D eigenvalue weighted by molar-refractivity contribution is -0.384. The minimum Gasteiger partial charge on any atom is -0.457 e. The Morgan fingerprint density at radius 1 is 1.16 bits per heavy atom. The standard InChI is InChI=1S/C21H13Cl2N3O4S/c1-11-14(22)3-2-4-16(11)24-21-25-20(27)19(31-21)10-13-6-8-18(30-13)12-5-7-15(23)17(9-12)26(28)29/h2-10H,1H3,(H,24,25,27)/b19-10-. The van der Waals surface area contributed by atoms with E-state index in [1.54, 1.807) is 36.4 Å². The summed E-state index contributed by atoms with van der Waals surface area (Å²) in [5, 5.41) is 14.9. The topological polar surface area (TPSA) is 97.7 Å². The summed E-state index contributed by atoms with van der Waals surface area (Å²) in [6.07, 6.45) is 1.58. The zero-order chi connectivity index (χ0) is 22.1. The molecular formula is C21H13Cl2N3O4S. The third-order valence-corrected chi connectivity index (χ3v) is 6.08. The molecule has 1 aliphatic heterocycles. The van der Waals surface area contributed by atoms with Crippen molar-refractivity contribution >= 4 is 63.5 Å². The second-order valence-corrected chi connectivity index (χ2v) is 8.34. The molecule has 1 fully saturated rings. The molecule has 0 unspecified atom stereocenters. The molecule has 1 aromatic heterocycles. The number of nitro benzene ring substituents is 1. The Bertz CT molecular complexity index is 1280. The number of halogens is 2. The highest BCUT2D eigenvalue weighted by Crippen LogP contribution is 2.34. The molecule has 3 aromatic rings. The second kappa shape index (κ2) is 8.58. The Hall–Kier alpha value is -3.07. The van der Waals surface area contributed by atoms with Crippen molar-refractivity contribution in [2.24, 2.45) is 4.99 Å². The fourth-order valence-corrected chi connectivity index (χ4v) is 4.00. The maximum absolute atomic E-state index is 12.3. The average Bonchev–Trinajstić information content (AvgIpc) is 3.32. The summed E-state index contributed by atoms with van der Waals surface area (Å²) in [4.78, 5) is 27.7. The number of carbonyl (C=O) groups excluding carboxylic acids is 1. The Morgan fingerprint density at radius 3 is 2.74 bits per heavy atom. The van der Waals surface area contributed by atoms with Crippen LogP contribution in [0, 0.1) is 17.0 Å². The van der Waals surface area contributed by atoms with Crippen LogP contribution in [0.3, 0.4) is 0 Å². The molecule has 2 aromatic carbocycles. The van der Waals surface area contributed by atoms with Gasteiger partial charge in [-0.15, -0.1) is 0 Å². The Kier molecular flexibility index (Phi) is 5.86. The molecule has 0 spiro atoms. The predicted octanol–water partition coefficient (Wildman–Crippen LogP) is 6.36. The zero-order valence-electron chi connectivity index (χ0n) is 15.9. The van der Waals surface area contributed by atoms with E-state index in [-0.39, 0.29) is 16.6 Å². The molecule has 1 saturated heterocycles. The number of rotatable bonds is 4. The fraction of sp³-hybridized carbons (Fsp3) is 0.0476. The van der Waals surface area contributed by atoms with Crippen LogP contribution in [-0.4, -0.2) is 16.0 Å². The molecule has 1 amide bonds. The highest BCUT2D eigenvalue weighted by atomic mass is 35.5. The third-order valence-electron chi connectivity index (χ3n) is 4.44. The van der Waals surface area contributed by atoms with E-state index in [1.807, 2.05) is 13.0 Å². The molecule has 0 bridgehead atoms. The van der Waals surface area contributed by atoms with E-state index >= 15 is 0 Å². The van der Waals surface area contributed by atoms with Crippen LogP contribution in [0.25, 0.3) is 17.4 Å². The lowest BCUT2D eigenvalue weighted by atomic mass is 10.1. The van der Waals surface area contributed by atoms with Crippen LogP contribution < -0.4 is 5.32 Å². The van der Waals surface area contributed by atoms with Crippen LogP contribution in [0.5, 0.6) is 0 Å². The van der Waals surface area contributed by atoms with Gasteiger partial charge in [0.1, 0.15) is 16.5 Å². The van der Waals surface area contributed by atoms with Gasteiger partial charge >= 0.3 is 0 Å². The minimum atomic E-state index is -0.556. The number of carbonyl (C=O) groups is 1. The normalized spacial score (nSPS) is 16.2. The molecule has 156 valence electrons. The van der Waals surface area contributed by atoms with Crippen LogP contribution >= 0.6 is 35.0 Å². The van der Waals surface area contributed by atoms with Crippen molar-refractivity contribution in [3.05, 3.63) is 84.9 Å². The highest BCUT2D eigenvalue weighted by molar-refractivity contribution is 8.18. The monoisotopic (exact) mass is 473 g/mol. The van der Waals surface area contributed by atoms with E-state index in [0.717, 1.165) is 5.56 Å². The van der Waals surface area contributed by atoms with Gasteiger partial charge in [0.15, 0.2) is 5.17 Å². The minimum absolute atomic E-state index is 0.0448. The van der Waals surface area contributed by atoms with Crippen LogP contribution in [0.15, 0.2) is 62.8 Å². The van der Waals surface area contributed by atoms with E-state index in [9.17, 15) is 14.9 Å². The van der Waals surface area contributed by atoms with Gasteiger partial charge in [0.05, 0.1) is 15.5 Å². The number of amidine groups is 1. The summed E-state index contributed by atoms with van der Waals surface area (Å²) in [6.45, 7) is 1.85. The van der Waals surface area contributed by atoms with Gasteiger partial charge in [0.25, 0.3) is 11.6 Å². The van der Waals surface area contributed by atoms with E-state index in [2.05, 4.69) is 10.3 Å². The molecule has 2 heterocycles. The first-order valence-electron chi connectivity index (χ1n) is 8.90. The first-order valence-corrected chi connectivity index (χ1v) is 10.5. The number of aliphatic imine (C=N–C) groups is 1. The fourth-order valence-electron chi connectivity index (χ4n) is 2.83. The number of nitrogens with zero attached hydrogens (tertiary/aromatic N) is 2. The Balaban J connectivity index is 1.58. The van der Waals surface area contributed by atoms with E-state index < -0.39 is 4.92 Å². The molecule has 1 aliphatic rings. The third kappa shape index (κ3) is 4.51. The van der Waals surface area contributed by atoms with Crippen molar-refractivity contribution in [2.45, 2.75) is 6.92 Å². The van der Waals surface area contributed by atoms with E-state index in [4.69, 9.17) is 27.6 Å². The molecule has 0 aliphatic carbocycles. The summed E-state index contributed by atoms with van der Waals surface area (Å²) in [5.41, 5.74) is 1.78. The number of amides is 1. The quantitative estimate of drug-likeness (QED) is 0.270. The lowest BCUT2D eigenvalue weighted by Crippen LogP contribution is -2.19. The molecule has 0 radical (unpaired) electrons. The van der Waals surface area contributed by atoms with E-state index in [1.165, 1.54) is 23.9 Å². The molecule has 10 heteroatoms. The van der Waals surface area contributed by atoms with Crippen molar-refractivity contribution in [2.75, 3.05) is 0 Å². The highest BCUT2D eigenvalue weighted by Gasteiger charge is 2.25. The molecule has 0 atom stereocenters. The van der Waals surface area contributed by atoms with Crippen molar-refractivity contribution in [1.29, 1.82) is 0 Å². The average molecular weight is 474 g/mol.